The lowest BCUT2D eigenvalue weighted by Crippen LogP contribution is -2.46. The number of nitrogens with zero attached hydrogens (tertiary/aromatic N) is 5. The highest BCUT2D eigenvalue weighted by Gasteiger charge is 2.37. The summed E-state index contributed by atoms with van der Waals surface area (Å²) < 4.78 is 16.6. The van der Waals surface area contributed by atoms with Crippen LogP contribution in [-0.2, 0) is 17.7 Å². The van der Waals surface area contributed by atoms with E-state index in [0.29, 0.717) is 35.5 Å². The number of rotatable bonds is 10. The van der Waals surface area contributed by atoms with Crippen molar-refractivity contribution in [2.24, 2.45) is 0 Å². The van der Waals surface area contributed by atoms with Crippen LogP contribution in [0.25, 0.3) is 0 Å². The minimum Gasteiger partial charge on any atom is -0.497 e. The first-order valence-corrected chi connectivity index (χ1v) is 15.4. The number of fused-ring (bicyclic) bond motifs is 1. The third kappa shape index (κ3) is 6.57. The van der Waals surface area contributed by atoms with E-state index in [1.54, 1.807) is 36.3 Å². The molecule has 2 aliphatic heterocycles. The van der Waals surface area contributed by atoms with Crippen LogP contribution in [0.3, 0.4) is 0 Å². The number of para-hydroxylation sites is 1. The van der Waals surface area contributed by atoms with Crippen LogP contribution in [-0.4, -0.2) is 68.0 Å². The van der Waals surface area contributed by atoms with Gasteiger partial charge in [-0.1, -0.05) is 30.3 Å². The molecule has 0 saturated carbocycles. The van der Waals surface area contributed by atoms with Gasteiger partial charge in [0.15, 0.2) is 5.82 Å². The van der Waals surface area contributed by atoms with Gasteiger partial charge in [-0.15, -0.1) is 0 Å². The van der Waals surface area contributed by atoms with E-state index in [1.165, 1.54) is 5.56 Å². The van der Waals surface area contributed by atoms with E-state index in [-0.39, 0.29) is 6.03 Å². The molecular formula is C35H40N6O4. The van der Waals surface area contributed by atoms with Gasteiger partial charge in [-0.3, -0.25) is 9.80 Å². The number of hydrogen-bond donors (Lipinski definition) is 1. The van der Waals surface area contributed by atoms with Gasteiger partial charge in [0.05, 0.1) is 45.4 Å². The normalized spacial score (nSPS) is 15.2. The van der Waals surface area contributed by atoms with Gasteiger partial charge in [0.2, 0.25) is 5.95 Å². The maximum Gasteiger partial charge on any atom is 0.335 e. The van der Waals surface area contributed by atoms with Crippen LogP contribution in [0.2, 0.25) is 0 Å². The summed E-state index contributed by atoms with van der Waals surface area (Å²) in [4.78, 5) is 29.8. The highest BCUT2D eigenvalue weighted by Crippen LogP contribution is 2.42. The quantitative estimate of drug-likeness (QED) is 0.221. The molecule has 0 spiro atoms. The predicted molar refractivity (Wildman–Crippen MR) is 177 cm³/mol. The van der Waals surface area contributed by atoms with E-state index in [1.807, 2.05) is 56.3 Å². The Morgan fingerprint density at radius 1 is 0.956 bits per heavy atom. The summed E-state index contributed by atoms with van der Waals surface area (Å²) in [6, 6.07) is 19.6. The second-order valence-electron chi connectivity index (χ2n) is 11.4. The molecule has 10 heteroatoms. The molecule has 45 heavy (non-hydrogen) atoms. The Hall–Kier alpha value is -4.67. The molecule has 1 N–H and O–H groups in total. The molecule has 2 aliphatic rings. The lowest BCUT2D eigenvalue weighted by Gasteiger charge is -2.37. The number of methoxy groups -OCH3 is 2. The molecule has 234 valence electrons. The number of nitrogens with one attached hydrogen (secondary N) is 1. The Labute approximate surface area is 264 Å². The molecule has 3 heterocycles. The maximum atomic E-state index is 14.4. The van der Waals surface area contributed by atoms with Gasteiger partial charge >= 0.3 is 6.03 Å². The van der Waals surface area contributed by atoms with Gasteiger partial charge in [0.1, 0.15) is 11.5 Å². The van der Waals surface area contributed by atoms with E-state index in [0.717, 1.165) is 73.8 Å². The van der Waals surface area contributed by atoms with Crippen LogP contribution >= 0.6 is 0 Å². The molecule has 0 radical (unpaired) electrons. The van der Waals surface area contributed by atoms with E-state index < -0.39 is 0 Å². The van der Waals surface area contributed by atoms with E-state index in [4.69, 9.17) is 19.2 Å². The summed E-state index contributed by atoms with van der Waals surface area (Å²) in [5, 5.41) is 3.34. The zero-order valence-electron chi connectivity index (χ0n) is 26.4. The molecule has 2 amide bonds. The minimum atomic E-state index is -0.227. The van der Waals surface area contributed by atoms with Crippen molar-refractivity contribution in [3.63, 3.8) is 0 Å². The first-order valence-electron chi connectivity index (χ1n) is 15.4. The van der Waals surface area contributed by atoms with Crippen LogP contribution in [0, 0.1) is 13.8 Å². The molecule has 1 saturated heterocycles. The minimum absolute atomic E-state index is 0.227. The van der Waals surface area contributed by atoms with Gasteiger partial charge in [-0.2, -0.15) is 4.98 Å². The zero-order chi connectivity index (χ0) is 31.3. The van der Waals surface area contributed by atoms with Crippen molar-refractivity contribution in [2.45, 2.75) is 33.2 Å². The van der Waals surface area contributed by atoms with E-state index >= 15 is 0 Å². The number of ether oxygens (including phenoxy) is 3. The van der Waals surface area contributed by atoms with Crippen LogP contribution in [0.15, 0.2) is 66.9 Å². The van der Waals surface area contributed by atoms with Crippen LogP contribution in [0.1, 0.15) is 28.7 Å². The lowest BCUT2D eigenvalue weighted by atomic mass is 10.1. The average molecular weight is 609 g/mol. The zero-order valence-corrected chi connectivity index (χ0v) is 26.4. The predicted octanol–water partition coefficient (Wildman–Crippen LogP) is 6.40. The van der Waals surface area contributed by atoms with Crippen molar-refractivity contribution in [3.8, 4) is 11.5 Å². The van der Waals surface area contributed by atoms with Crippen molar-refractivity contribution in [2.75, 3.05) is 62.2 Å². The molecule has 0 unspecified atom stereocenters. The second kappa shape index (κ2) is 13.5. The Morgan fingerprint density at radius 3 is 2.42 bits per heavy atom. The number of amides is 2. The number of anilines is 5. The first-order chi connectivity index (χ1) is 21.9. The molecule has 6 rings (SSSR count). The smallest absolute Gasteiger partial charge is 0.335 e. The number of benzene rings is 3. The summed E-state index contributed by atoms with van der Waals surface area (Å²) in [6.45, 7) is 9.15. The highest BCUT2D eigenvalue weighted by atomic mass is 16.5. The fourth-order valence-electron chi connectivity index (χ4n) is 6.02. The lowest BCUT2D eigenvalue weighted by molar-refractivity contribution is 0.0375. The fourth-order valence-corrected chi connectivity index (χ4v) is 6.02. The molecule has 1 fully saturated rings. The highest BCUT2D eigenvalue weighted by molar-refractivity contribution is 6.11. The third-order valence-electron chi connectivity index (χ3n) is 8.39. The topological polar surface area (TPSA) is 92.3 Å². The summed E-state index contributed by atoms with van der Waals surface area (Å²) in [7, 11) is 3.18. The van der Waals surface area contributed by atoms with Crippen molar-refractivity contribution < 1.29 is 19.0 Å². The number of carbonyl (C=O) groups is 1. The van der Waals surface area contributed by atoms with Crippen molar-refractivity contribution in [1.82, 2.24) is 14.9 Å². The standard InChI is InChI=1S/C35H40N6O4/c1-24-7-5-8-25(2)32(24)40-23-27-22-36-34(37-28-12-10-26(11-13-28)9-6-16-39-17-19-45-20-18-39)38-33(27)41(35(40)42)30-15-14-29(43-3)21-31(30)44-4/h5,7-8,10-15,21-22H,6,9,16-20,23H2,1-4H3,(H,36,37,38). The van der Waals surface area contributed by atoms with Crippen molar-refractivity contribution in [1.29, 1.82) is 0 Å². The molecule has 10 nitrogen and oxygen atoms in total. The molecule has 1 aromatic heterocycles. The third-order valence-corrected chi connectivity index (χ3v) is 8.39. The summed E-state index contributed by atoms with van der Waals surface area (Å²) in [5.41, 5.74) is 6.44. The van der Waals surface area contributed by atoms with Gasteiger partial charge in [0.25, 0.3) is 0 Å². The number of hydrogen-bond acceptors (Lipinski definition) is 8. The Balaban J connectivity index is 1.27. The van der Waals surface area contributed by atoms with Gasteiger partial charge in [-0.25, -0.2) is 14.7 Å². The number of aryl methyl sites for hydroxylation is 3. The summed E-state index contributed by atoms with van der Waals surface area (Å²) in [6.07, 6.45) is 3.92. The molecule has 0 bridgehead atoms. The molecule has 0 atom stereocenters. The monoisotopic (exact) mass is 608 g/mol. The van der Waals surface area contributed by atoms with Crippen LogP contribution in [0.5, 0.6) is 11.5 Å². The Morgan fingerprint density at radius 2 is 1.71 bits per heavy atom. The molecule has 3 aromatic carbocycles. The number of carbonyl (C=O) groups excluding carboxylic acids is 1. The summed E-state index contributed by atoms with van der Waals surface area (Å²) >= 11 is 0. The van der Waals surface area contributed by atoms with Crippen LogP contribution in [0.4, 0.5) is 33.6 Å². The number of morpholine rings is 1. The summed E-state index contributed by atoms with van der Waals surface area (Å²) in [5.74, 6) is 2.03. The largest absolute Gasteiger partial charge is 0.497 e. The fraction of sp³-hybridized carbons (Fsp3) is 0.343. The van der Waals surface area contributed by atoms with Crippen molar-refractivity contribution >= 4 is 34.9 Å². The average Bonchev–Trinajstić information content (AvgIpc) is 3.06. The Bertz CT molecular complexity index is 1630. The van der Waals surface area contributed by atoms with Gasteiger partial charge in [-0.05, 0) is 74.2 Å². The number of urea groups is 1. The van der Waals surface area contributed by atoms with Crippen molar-refractivity contribution in [3.05, 3.63) is 89.1 Å². The molecular weight excluding hydrogens is 568 g/mol. The van der Waals surface area contributed by atoms with Gasteiger partial charge < -0.3 is 19.5 Å². The SMILES string of the molecule is COc1ccc(N2C(=O)N(c3c(C)cccc3C)Cc3cnc(Nc4ccc(CCCN5CCOCC5)cc4)nc32)c(OC)c1. The molecule has 0 aliphatic carbocycles. The molecule has 4 aromatic rings. The number of aromatic nitrogens is 2. The van der Waals surface area contributed by atoms with E-state index in [2.05, 4.69) is 27.3 Å². The second-order valence-corrected chi connectivity index (χ2v) is 11.4. The Kier molecular flexibility index (Phi) is 9.13. The first kappa shape index (κ1) is 30.4. The van der Waals surface area contributed by atoms with Gasteiger partial charge in [0, 0.05) is 36.6 Å². The van der Waals surface area contributed by atoms with Crippen LogP contribution < -0.4 is 24.6 Å². The van der Waals surface area contributed by atoms with E-state index in [9.17, 15) is 4.79 Å². The maximum absolute atomic E-state index is 14.4.